The van der Waals surface area contributed by atoms with Crippen molar-refractivity contribution in [2.75, 3.05) is 13.2 Å². The van der Waals surface area contributed by atoms with Gasteiger partial charge in [0.05, 0.1) is 0 Å². The molecule has 0 saturated heterocycles. The molecule has 4 nitrogen and oxygen atoms in total. The van der Waals surface area contributed by atoms with E-state index in [4.69, 9.17) is 0 Å². The number of hydrogen-bond acceptors (Lipinski definition) is 3. The van der Waals surface area contributed by atoms with E-state index in [1.54, 1.807) is 0 Å². The van der Waals surface area contributed by atoms with Gasteiger partial charge in [0.2, 0.25) is 5.91 Å². The SMILES string of the molecule is CCCCCCCCCCN1C=CN(NC(C)=O)C1. The summed E-state index contributed by atoms with van der Waals surface area (Å²) in [5, 5.41) is 1.83. The van der Waals surface area contributed by atoms with E-state index in [2.05, 4.69) is 23.4 Å². The second-order valence-corrected chi connectivity index (χ2v) is 5.36. The van der Waals surface area contributed by atoms with Gasteiger partial charge in [-0.1, -0.05) is 51.9 Å². The molecular formula is C15H29N3O. The van der Waals surface area contributed by atoms with E-state index >= 15 is 0 Å². The van der Waals surface area contributed by atoms with Crippen LogP contribution in [-0.2, 0) is 4.79 Å². The third-order valence-corrected chi connectivity index (χ3v) is 3.39. The van der Waals surface area contributed by atoms with Gasteiger partial charge >= 0.3 is 0 Å². The van der Waals surface area contributed by atoms with E-state index in [9.17, 15) is 4.79 Å². The van der Waals surface area contributed by atoms with E-state index in [0.717, 1.165) is 13.2 Å². The van der Waals surface area contributed by atoms with Gasteiger partial charge < -0.3 is 4.90 Å². The molecule has 0 atom stereocenters. The van der Waals surface area contributed by atoms with Gasteiger partial charge in [-0.05, 0) is 6.42 Å². The van der Waals surface area contributed by atoms with Crippen LogP contribution in [0, 0.1) is 0 Å². The molecule has 1 heterocycles. The normalized spacial score (nSPS) is 14.2. The number of carbonyl (C=O) groups excluding carboxylic acids is 1. The van der Waals surface area contributed by atoms with Crippen molar-refractivity contribution in [3.8, 4) is 0 Å². The highest BCUT2D eigenvalue weighted by molar-refractivity contribution is 5.72. The van der Waals surface area contributed by atoms with Crippen molar-refractivity contribution < 1.29 is 4.79 Å². The van der Waals surface area contributed by atoms with E-state index < -0.39 is 0 Å². The average molecular weight is 267 g/mol. The monoisotopic (exact) mass is 267 g/mol. The Morgan fingerprint density at radius 3 is 2.32 bits per heavy atom. The molecular weight excluding hydrogens is 238 g/mol. The number of hydrogen-bond donors (Lipinski definition) is 1. The summed E-state index contributed by atoms with van der Waals surface area (Å²) in [7, 11) is 0. The van der Waals surface area contributed by atoms with Gasteiger partial charge in [-0.3, -0.25) is 15.2 Å². The molecule has 1 N–H and O–H groups in total. The van der Waals surface area contributed by atoms with E-state index in [-0.39, 0.29) is 5.91 Å². The Kier molecular flexibility index (Phi) is 8.10. The van der Waals surface area contributed by atoms with Crippen LogP contribution in [0.2, 0.25) is 0 Å². The molecule has 4 heteroatoms. The lowest BCUT2D eigenvalue weighted by Crippen LogP contribution is -2.39. The summed E-state index contributed by atoms with van der Waals surface area (Å²) in [5.74, 6) is -0.0152. The molecule has 1 amide bonds. The highest BCUT2D eigenvalue weighted by Crippen LogP contribution is 2.10. The van der Waals surface area contributed by atoms with E-state index in [1.807, 2.05) is 11.2 Å². The molecule has 0 aromatic carbocycles. The molecule has 0 aromatic rings. The molecule has 0 aromatic heterocycles. The molecule has 0 aliphatic carbocycles. The summed E-state index contributed by atoms with van der Waals surface area (Å²) in [6, 6.07) is 0. The molecule has 0 radical (unpaired) electrons. The van der Waals surface area contributed by atoms with Crippen LogP contribution in [0.5, 0.6) is 0 Å². The summed E-state index contributed by atoms with van der Waals surface area (Å²) in [6.45, 7) is 5.65. The first kappa shape index (κ1) is 15.9. The molecule has 1 aliphatic rings. The lowest BCUT2D eigenvalue weighted by atomic mass is 10.1. The lowest BCUT2D eigenvalue weighted by molar-refractivity contribution is -0.122. The second-order valence-electron chi connectivity index (χ2n) is 5.36. The minimum absolute atomic E-state index is 0.0152. The van der Waals surface area contributed by atoms with Gasteiger partial charge in [-0.25, -0.2) is 0 Å². The third kappa shape index (κ3) is 7.75. The second kappa shape index (κ2) is 9.70. The smallest absolute Gasteiger partial charge is 0.235 e. The van der Waals surface area contributed by atoms with Crippen LogP contribution in [0.4, 0.5) is 0 Å². The van der Waals surface area contributed by atoms with Crippen LogP contribution in [0.25, 0.3) is 0 Å². The summed E-state index contributed by atoms with van der Waals surface area (Å²) < 4.78 is 0. The van der Waals surface area contributed by atoms with Gasteiger partial charge in [0.15, 0.2) is 0 Å². The zero-order chi connectivity index (χ0) is 13.9. The standard InChI is InChI=1S/C15H29N3O/c1-3-4-5-6-7-8-9-10-11-17-12-13-18(14-17)16-15(2)19/h12-13H,3-11,14H2,1-2H3,(H,16,19). The minimum Gasteiger partial charge on any atom is -0.357 e. The predicted molar refractivity (Wildman–Crippen MR) is 79.0 cm³/mol. The van der Waals surface area contributed by atoms with Gasteiger partial charge in [0, 0.05) is 25.9 Å². The van der Waals surface area contributed by atoms with Crippen LogP contribution in [-0.4, -0.2) is 29.0 Å². The van der Waals surface area contributed by atoms with Crippen LogP contribution >= 0.6 is 0 Å². The number of rotatable bonds is 10. The largest absolute Gasteiger partial charge is 0.357 e. The number of nitrogens with one attached hydrogen (secondary N) is 1. The summed E-state index contributed by atoms with van der Waals surface area (Å²) >= 11 is 0. The zero-order valence-corrected chi connectivity index (χ0v) is 12.5. The summed E-state index contributed by atoms with van der Waals surface area (Å²) in [6.07, 6.45) is 14.8. The van der Waals surface area contributed by atoms with Gasteiger partial charge in [0.1, 0.15) is 6.67 Å². The molecule has 1 rings (SSSR count). The average Bonchev–Trinajstić information content (AvgIpc) is 2.79. The molecule has 0 fully saturated rings. The van der Waals surface area contributed by atoms with E-state index in [0.29, 0.717) is 0 Å². The van der Waals surface area contributed by atoms with Crippen molar-refractivity contribution in [3.05, 3.63) is 12.4 Å². The first-order valence-electron chi connectivity index (χ1n) is 7.68. The Labute approximate surface area is 117 Å². The Morgan fingerprint density at radius 1 is 1.05 bits per heavy atom. The molecule has 0 bridgehead atoms. The van der Waals surface area contributed by atoms with Gasteiger partial charge in [-0.2, -0.15) is 0 Å². The number of amides is 1. The van der Waals surface area contributed by atoms with Gasteiger partial charge in [-0.15, -0.1) is 0 Å². The lowest BCUT2D eigenvalue weighted by Gasteiger charge is -2.21. The Balaban J connectivity index is 1.91. The number of unbranched alkanes of at least 4 members (excludes halogenated alkanes) is 7. The minimum atomic E-state index is -0.0152. The van der Waals surface area contributed by atoms with Crippen LogP contribution < -0.4 is 5.43 Å². The van der Waals surface area contributed by atoms with Crippen molar-refractivity contribution in [1.82, 2.24) is 15.3 Å². The number of nitrogens with zero attached hydrogens (tertiary/aromatic N) is 2. The third-order valence-electron chi connectivity index (χ3n) is 3.39. The first-order valence-corrected chi connectivity index (χ1v) is 7.68. The summed E-state index contributed by atoms with van der Waals surface area (Å²) in [4.78, 5) is 13.2. The fourth-order valence-electron chi connectivity index (χ4n) is 2.33. The Bertz CT molecular complexity index is 279. The molecule has 0 spiro atoms. The molecule has 110 valence electrons. The number of carbonyl (C=O) groups is 1. The van der Waals surface area contributed by atoms with Crippen LogP contribution in [0.15, 0.2) is 12.4 Å². The first-order chi connectivity index (χ1) is 9.22. The highest BCUT2D eigenvalue weighted by Gasteiger charge is 2.11. The zero-order valence-electron chi connectivity index (χ0n) is 12.5. The van der Waals surface area contributed by atoms with Crippen LogP contribution in [0.1, 0.15) is 65.2 Å². The predicted octanol–water partition coefficient (Wildman–Crippen LogP) is 3.22. The highest BCUT2D eigenvalue weighted by atomic mass is 16.2. The summed E-state index contributed by atoms with van der Waals surface area (Å²) in [5.41, 5.74) is 2.77. The van der Waals surface area contributed by atoms with Crippen molar-refractivity contribution in [1.29, 1.82) is 0 Å². The van der Waals surface area contributed by atoms with E-state index in [1.165, 1.54) is 58.3 Å². The maximum atomic E-state index is 10.9. The number of hydrazine groups is 1. The molecule has 0 unspecified atom stereocenters. The van der Waals surface area contributed by atoms with Crippen molar-refractivity contribution >= 4 is 5.91 Å². The molecule has 0 saturated carbocycles. The topological polar surface area (TPSA) is 35.6 Å². The Morgan fingerprint density at radius 2 is 1.68 bits per heavy atom. The van der Waals surface area contributed by atoms with Gasteiger partial charge in [0.25, 0.3) is 0 Å². The molecule has 1 aliphatic heterocycles. The van der Waals surface area contributed by atoms with Crippen molar-refractivity contribution in [3.63, 3.8) is 0 Å². The van der Waals surface area contributed by atoms with Crippen LogP contribution in [0.3, 0.4) is 0 Å². The van der Waals surface area contributed by atoms with Crippen molar-refractivity contribution in [2.24, 2.45) is 0 Å². The fraction of sp³-hybridized carbons (Fsp3) is 0.800. The fourth-order valence-corrected chi connectivity index (χ4v) is 2.33. The van der Waals surface area contributed by atoms with Crippen molar-refractivity contribution in [2.45, 2.75) is 65.2 Å². The Hall–Kier alpha value is -1.19. The maximum Gasteiger partial charge on any atom is 0.235 e. The quantitative estimate of drug-likeness (QED) is 0.617. The maximum absolute atomic E-state index is 10.9. The molecule has 19 heavy (non-hydrogen) atoms.